The Bertz CT molecular complexity index is 116. The van der Waals surface area contributed by atoms with Gasteiger partial charge in [-0.2, -0.15) is 0 Å². The maximum atomic E-state index is 9.34. The number of hydrogen-bond donors (Lipinski definition) is 3. The molecule has 0 unspecified atom stereocenters. The Kier molecular flexibility index (Phi) is 3.15. The predicted molar refractivity (Wildman–Crippen MR) is 40.4 cm³/mol. The van der Waals surface area contributed by atoms with Crippen LogP contribution in [0.2, 0.25) is 0 Å². The zero-order valence-electron chi connectivity index (χ0n) is 6.05. The van der Waals surface area contributed by atoms with Crippen LogP contribution >= 0.6 is 15.9 Å². The Labute approximate surface area is 60.8 Å². The van der Waals surface area contributed by atoms with Gasteiger partial charge < -0.3 is 0 Å². The maximum absolute atomic E-state index is 9.34. The molecule has 0 spiro atoms. The minimum absolute atomic E-state index is 1.25. The van der Waals surface area contributed by atoms with Crippen LogP contribution < -0.4 is 0 Å². The molecule has 64 valence electrons. The van der Waals surface area contributed by atoms with Gasteiger partial charge in [0.05, 0.1) is 0 Å². The molecule has 0 heterocycles. The van der Waals surface area contributed by atoms with Gasteiger partial charge in [0.25, 0.3) is 0 Å². The molecule has 0 aromatic rings. The molecule has 3 N–H and O–H groups in total. The second-order valence-corrected chi connectivity index (χ2v) is 7.49. The van der Waals surface area contributed by atoms with Crippen LogP contribution in [0.25, 0.3) is 0 Å². The molecule has 0 aromatic carbocycles. The average molecular weight is 190 g/mol. The fraction of sp³-hybridized carbons (Fsp3) is 1.00. The summed E-state index contributed by atoms with van der Waals surface area (Å²) in [6.45, 7) is 2.60. The Hall–Kier alpha value is 0.660. The second kappa shape index (κ2) is 2.95. The van der Waals surface area contributed by atoms with Gasteiger partial charge in [0.2, 0.25) is 0 Å². The molecule has 0 bridgehead atoms. The summed E-state index contributed by atoms with van der Waals surface area (Å²) in [4.78, 5) is 26.1. The third kappa shape index (κ3) is 4.47. The summed E-state index contributed by atoms with van der Waals surface area (Å²) in [6, 6.07) is 0. The van der Waals surface area contributed by atoms with Crippen molar-refractivity contribution in [2.24, 2.45) is 0 Å². The van der Waals surface area contributed by atoms with Crippen molar-refractivity contribution in [1.82, 2.24) is 0 Å². The fourth-order valence-corrected chi connectivity index (χ4v) is 2.18. The normalized spacial score (nSPS) is 16.9. The summed E-state index contributed by atoms with van der Waals surface area (Å²) in [5.74, 6) is 0. The van der Waals surface area contributed by atoms with Crippen molar-refractivity contribution >= 4 is 15.9 Å². The Morgan fingerprint density at radius 2 is 1.70 bits per heavy atom. The zero-order valence-corrected chi connectivity index (χ0v) is 7.84. The SMILES string of the molecule is COP(C)(C)(O)OP(O)O. The van der Waals surface area contributed by atoms with E-state index in [1.807, 2.05) is 0 Å². The van der Waals surface area contributed by atoms with Crippen LogP contribution in [-0.2, 0) is 8.83 Å². The fourth-order valence-electron chi connectivity index (χ4n) is 0.242. The van der Waals surface area contributed by atoms with E-state index in [1.54, 1.807) is 0 Å². The van der Waals surface area contributed by atoms with Crippen molar-refractivity contribution in [2.75, 3.05) is 20.4 Å². The van der Waals surface area contributed by atoms with Gasteiger partial charge in [-0.3, -0.25) is 0 Å². The van der Waals surface area contributed by atoms with E-state index in [0.717, 1.165) is 0 Å². The van der Waals surface area contributed by atoms with Crippen molar-refractivity contribution in [1.29, 1.82) is 0 Å². The van der Waals surface area contributed by atoms with Gasteiger partial charge in [-0.25, -0.2) is 0 Å². The molecule has 0 aliphatic heterocycles. The quantitative estimate of drug-likeness (QED) is 0.561. The van der Waals surface area contributed by atoms with Gasteiger partial charge in [-0.05, 0) is 0 Å². The average Bonchev–Trinajstić information content (AvgIpc) is 1.61. The summed E-state index contributed by atoms with van der Waals surface area (Å²) in [7, 11) is -4.98. The molecule has 0 saturated carbocycles. The van der Waals surface area contributed by atoms with E-state index >= 15 is 0 Å². The van der Waals surface area contributed by atoms with E-state index in [2.05, 4.69) is 8.83 Å². The van der Waals surface area contributed by atoms with Crippen molar-refractivity contribution in [3.8, 4) is 0 Å². The molecule has 0 saturated heterocycles. The first-order chi connectivity index (χ1) is 4.24. The molecule has 0 radical (unpaired) electrons. The van der Waals surface area contributed by atoms with E-state index in [4.69, 9.17) is 9.79 Å². The Morgan fingerprint density at radius 3 is 1.80 bits per heavy atom. The van der Waals surface area contributed by atoms with Gasteiger partial charge in [-0.1, -0.05) is 0 Å². The summed E-state index contributed by atoms with van der Waals surface area (Å²) < 4.78 is 9.01. The molecule has 0 amide bonds. The van der Waals surface area contributed by atoms with Gasteiger partial charge in [0, 0.05) is 0 Å². The van der Waals surface area contributed by atoms with Gasteiger partial charge in [-0.15, -0.1) is 0 Å². The van der Waals surface area contributed by atoms with Gasteiger partial charge in [0.15, 0.2) is 0 Å². The van der Waals surface area contributed by atoms with E-state index in [9.17, 15) is 4.89 Å². The molecular formula is C3H12O5P2. The molecule has 0 rings (SSSR count). The monoisotopic (exact) mass is 190 g/mol. The molecule has 5 nitrogen and oxygen atoms in total. The standard InChI is InChI=1S/C3H12O5P2/c1-7-10(2,3,6)8-9(4)5/h4-6H,1-3H3. The Balaban J connectivity index is 4.09. The molecule has 0 aliphatic carbocycles. The van der Waals surface area contributed by atoms with Gasteiger partial charge in [0.1, 0.15) is 0 Å². The number of rotatable bonds is 3. The van der Waals surface area contributed by atoms with Crippen LogP contribution in [0, 0.1) is 0 Å². The van der Waals surface area contributed by atoms with Crippen LogP contribution in [0.3, 0.4) is 0 Å². The van der Waals surface area contributed by atoms with E-state index in [0.29, 0.717) is 0 Å². The molecular weight excluding hydrogens is 178 g/mol. The summed E-state index contributed by atoms with van der Waals surface area (Å²) in [6.07, 6.45) is 0. The van der Waals surface area contributed by atoms with Crippen LogP contribution in [0.5, 0.6) is 0 Å². The molecule has 0 aromatic heterocycles. The third-order valence-corrected chi connectivity index (χ3v) is 4.32. The van der Waals surface area contributed by atoms with Crippen molar-refractivity contribution < 1.29 is 23.5 Å². The summed E-state index contributed by atoms with van der Waals surface area (Å²) >= 11 is 0. The van der Waals surface area contributed by atoms with Crippen LogP contribution in [-0.4, -0.2) is 35.1 Å². The van der Waals surface area contributed by atoms with E-state index in [1.165, 1.54) is 20.4 Å². The topological polar surface area (TPSA) is 79.2 Å². The van der Waals surface area contributed by atoms with E-state index in [-0.39, 0.29) is 0 Å². The van der Waals surface area contributed by atoms with Crippen LogP contribution in [0.15, 0.2) is 0 Å². The summed E-state index contributed by atoms with van der Waals surface area (Å²) in [5.41, 5.74) is 0. The second-order valence-electron chi connectivity index (χ2n) is 2.33. The molecule has 0 atom stereocenters. The minimum atomic E-state index is -3.67. The van der Waals surface area contributed by atoms with Crippen LogP contribution in [0.1, 0.15) is 0 Å². The molecule has 10 heavy (non-hydrogen) atoms. The molecule has 0 fully saturated rings. The first-order valence-corrected chi connectivity index (χ1v) is 6.53. The number of hydrogen-bond acceptors (Lipinski definition) is 5. The third-order valence-electron chi connectivity index (χ3n) is 0.828. The zero-order chi connectivity index (χ0) is 8.44. The molecule has 0 aliphatic rings. The van der Waals surface area contributed by atoms with Crippen molar-refractivity contribution in [3.05, 3.63) is 0 Å². The van der Waals surface area contributed by atoms with Crippen molar-refractivity contribution in [2.45, 2.75) is 0 Å². The summed E-state index contributed by atoms with van der Waals surface area (Å²) in [5, 5.41) is 0. The van der Waals surface area contributed by atoms with Crippen molar-refractivity contribution in [3.63, 3.8) is 0 Å². The first-order valence-electron chi connectivity index (χ1n) is 2.45. The Morgan fingerprint density at radius 1 is 1.30 bits per heavy atom. The van der Waals surface area contributed by atoms with Crippen LogP contribution in [0.4, 0.5) is 0 Å². The predicted octanol–water partition coefficient (Wildman–Crippen LogP) is 0.411. The first kappa shape index (κ1) is 10.7. The van der Waals surface area contributed by atoms with E-state index < -0.39 is 15.9 Å². The molecule has 7 heteroatoms. The van der Waals surface area contributed by atoms with Gasteiger partial charge >= 0.3 is 59.8 Å².